The van der Waals surface area contributed by atoms with Crippen molar-refractivity contribution < 1.29 is 33.8 Å². The lowest BCUT2D eigenvalue weighted by molar-refractivity contribution is -0.148. The van der Waals surface area contributed by atoms with Crippen LogP contribution in [0.2, 0.25) is 0 Å². The summed E-state index contributed by atoms with van der Waals surface area (Å²) in [4.78, 5) is 56.9. The number of Topliss-reactive ketones (excluding diaryl/α,β-unsaturated/α-hetero) is 1. The van der Waals surface area contributed by atoms with E-state index in [1.807, 2.05) is 0 Å². The molecule has 38 heavy (non-hydrogen) atoms. The molecular formula is C28H37N3O7. The van der Waals surface area contributed by atoms with Crippen LogP contribution in [0.15, 0.2) is 18.3 Å². The molecule has 0 aliphatic heterocycles. The Morgan fingerprint density at radius 1 is 0.974 bits per heavy atom. The highest BCUT2D eigenvalue weighted by Crippen LogP contribution is 2.34. The number of ether oxygens (including phenoxy) is 2. The Bertz CT molecular complexity index is 1180. The maximum Gasteiger partial charge on any atom is 0.323 e. The number of hydrogen-bond acceptors (Lipinski definition) is 6. The number of carboxylic acids is 1. The average molecular weight is 528 g/mol. The van der Waals surface area contributed by atoms with Crippen molar-refractivity contribution in [2.24, 2.45) is 5.92 Å². The number of rotatable bonds is 10. The zero-order valence-corrected chi connectivity index (χ0v) is 22.1. The number of carboxylic acid groups (broad SMARTS) is 1. The normalized spacial score (nSPS) is 17.5. The molecule has 0 bridgehead atoms. The van der Waals surface area contributed by atoms with Gasteiger partial charge in [-0.15, -0.1) is 0 Å². The predicted molar refractivity (Wildman–Crippen MR) is 140 cm³/mol. The van der Waals surface area contributed by atoms with Crippen molar-refractivity contribution >= 4 is 34.5 Å². The fourth-order valence-electron chi connectivity index (χ4n) is 5.92. The Balaban J connectivity index is 1.68. The number of aromatic amines is 1. The largest absolute Gasteiger partial charge is 0.493 e. The van der Waals surface area contributed by atoms with Crippen LogP contribution in [0.1, 0.15) is 74.6 Å². The fourth-order valence-corrected chi connectivity index (χ4v) is 5.92. The minimum atomic E-state index is -1.28. The maximum atomic E-state index is 13.7. The van der Waals surface area contributed by atoms with Gasteiger partial charge < -0.3 is 29.8 Å². The third kappa shape index (κ3) is 5.95. The number of H-pyrrole nitrogens is 1. The van der Waals surface area contributed by atoms with Crippen molar-refractivity contribution in [2.45, 2.75) is 76.3 Å². The van der Waals surface area contributed by atoms with Gasteiger partial charge in [0.1, 0.15) is 12.6 Å². The molecule has 10 nitrogen and oxygen atoms in total. The lowest BCUT2D eigenvalue weighted by Crippen LogP contribution is -2.58. The van der Waals surface area contributed by atoms with Gasteiger partial charge in [-0.1, -0.05) is 38.5 Å². The minimum absolute atomic E-state index is 0.00381. The molecule has 2 aliphatic carbocycles. The molecule has 2 saturated carbocycles. The fraction of sp³-hybridized carbons (Fsp3) is 0.571. The van der Waals surface area contributed by atoms with Crippen molar-refractivity contribution in [1.82, 2.24) is 15.2 Å². The molecule has 10 heteroatoms. The summed E-state index contributed by atoms with van der Waals surface area (Å²) in [5.74, 6) is -2.89. The zero-order chi connectivity index (χ0) is 27.2. The molecule has 2 amide bonds. The standard InChI is InChI=1S/C28H37N3O7/c1-37-22-13-19-20(15-29-21(19)14-23(22)38-2)26(34)28(36)31(16-24(32)33)25(17-9-5-3-6-10-17)27(35)30-18-11-7-4-8-12-18/h13-15,17-18,25,29H,3-12,16H2,1-2H3,(H,30,35)(H,32,33). The quantitative estimate of drug-likeness (QED) is 0.316. The first-order chi connectivity index (χ1) is 18.3. The molecule has 2 fully saturated rings. The van der Waals surface area contributed by atoms with E-state index in [-0.39, 0.29) is 23.4 Å². The van der Waals surface area contributed by atoms with Crippen molar-refractivity contribution in [2.75, 3.05) is 20.8 Å². The van der Waals surface area contributed by atoms with Gasteiger partial charge in [0.25, 0.3) is 11.7 Å². The molecule has 3 N–H and O–H groups in total. The highest BCUT2D eigenvalue weighted by Gasteiger charge is 2.41. The Labute approximate surface area is 222 Å². The van der Waals surface area contributed by atoms with Crippen LogP contribution in [0, 0.1) is 5.92 Å². The van der Waals surface area contributed by atoms with E-state index in [1.54, 1.807) is 12.1 Å². The first kappa shape index (κ1) is 27.5. The molecule has 1 unspecified atom stereocenters. The molecule has 1 heterocycles. The SMILES string of the molecule is COc1cc2[nH]cc(C(=O)C(=O)N(CC(=O)O)C(C(=O)NC3CCCCC3)C3CCCCC3)c2cc1OC. The van der Waals surface area contributed by atoms with Crippen molar-refractivity contribution in [3.63, 3.8) is 0 Å². The second-order valence-electron chi connectivity index (χ2n) is 10.3. The number of carbonyl (C=O) groups is 4. The number of methoxy groups -OCH3 is 2. The topological polar surface area (TPSA) is 138 Å². The zero-order valence-electron chi connectivity index (χ0n) is 22.1. The second-order valence-corrected chi connectivity index (χ2v) is 10.3. The molecule has 0 saturated heterocycles. The van der Waals surface area contributed by atoms with Gasteiger partial charge in [0.05, 0.1) is 25.3 Å². The first-order valence-electron chi connectivity index (χ1n) is 13.4. The number of ketones is 1. The summed E-state index contributed by atoms with van der Waals surface area (Å²) >= 11 is 0. The number of aromatic nitrogens is 1. The molecule has 1 aromatic heterocycles. The molecular weight excluding hydrogens is 490 g/mol. The summed E-state index contributed by atoms with van der Waals surface area (Å²) < 4.78 is 10.7. The Kier molecular flexibility index (Phi) is 8.91. The number of carbonyl (C=O) groups excluding carboxylic acids is 3. The lowest BCUT2D eigenvalue weighted by Gasteiger charge is -2.38. The van der Waals surface area contributed by atoms with Gasteiger partial charge in [0.2, 0.25) is 5.91 Å². The van der Waals surface area contributed by atoms with Crippen LogP contribution in [0.5, 0.6) is 11.5 Å². The van der Waals surface area contributed by atoms with Gasteiger partial charge in [0.15, 0.2) is 11.5 Å². The number of fused-ring (bicyclic) bond motifs is 1. The van der Waals surface area contributed by atoms with Crippen LogP contribution in [-0.4, -0.2) is 71.4 Å². The average Bonchev–Trinajstić information content (AvgIpc) is 3.34. The van der Waals surface area contributed by atoms with Crippen molar-refractivity contribution in [1.29, 1.82) is 0 Å². The van der Waals surface area contributed by atoms with Gasteiger partial charge >= 0.3 is 5.97 Å². The molecule has 206 valence electrons. The van der Waals surface area contributed by atoms with Gasteiger partial charge in [-0.25, -0.2) is 0 Å². The van der Waals surface area contributed by atoms with Gasteiger partial charge in [-0.05, 0) is 37.7 Å². The third-order valence-corrected chi connectivity index (χ3v) is 7.84. The molecule has 1 atom stereocenters. The Morgan fingerprint density at radius 2 is 1.58 bits per heavy atom. The van der Waals surface area contributed by atoms with Crippen molar-refractivity contribution in [3.05, 3.63) is 23.9 Å². The third-order valence-electron chi connectivity index (χ3n) is 7.84. The minimum Gasteiger partial charge on any atom is -0.493 e. The van der Waals surface area contributed by atoms with E-state index in [1.165, 1.54) is 20.4 Å². The van der Waals surface area contributed by atoms with Crippen LogP contribution >= 0.6 is 0 Å². The van der Waals surface area contributed by atoms with E-state index in [0.717, 1.165) is 56.3 Å². The highest BCUT2D eigenvalue weighted by molar-refractivity contribution is 6.45. The Hall–Kier alpha value is -3.56. The Morgan fingerprint density at radius 3 is 2.18 bits per heavy atom. The number of hydrogen-bond donors (Lipinski definition) is 3. The van der Waals surface area contributed by atoms with E-state index in [2.05, 4.69) is 10.3 Å². The molecule has 0 radical (unpaired) electrons. The van der Waals surface area contributed by atoms with E-state index in [4.69, 9.17) is 9.47 Å². The summed E-state index contributed by atoms with van der Waals surface area (Å²) in [5, 5.41) is 13.2. The predicted octanol–water partition coefficient (Wildman–Crippen LogP) is 3.68. The molecule has 2 aliphatic rings. The summed E-state index contributed by atoms with van der Waals surface area (Å²) in [6.07, 6.45) is 10.5. The summed E-state index contributed by atoms with van der Waals surface area (Å²) in [5.41, 5.74) is 0.638. The number of aliphatic carboxylic acids is 1. The van der Waals surface area contributed by atoms with Crippen LogP contribution in [-0.2, 0) is 14.4 Å². The van der Waals surface area contributed by atoms with E-state index < -0.39 is 30.2 Å². The van der Waals surface area contributed by atoms with E-state index in [0.29, 0.717) is 35.2 Å². The van der Waals surface area contributed by atoms with Crippen LogP contribution in [0.3, 0.4) is 0 Å². The van der Waals surface area contributed by atoms with Crippen LogP contribution in [0.25, 0.3) is 10.9 Å². The number of amides is 2. The molecule has 2 aromatic rings. The van der Waals surface area contributed by atoms with Gasteiger partial charge in [-0.2, -0.15) is 0 Å². The van der Waals surface area contributed by atoms with Crippen LogP contribution in [0.4, 0.5) is 0 Å². The van der Waals surface area contributed by atoms with Crippen molar-refractivity contribution in [3.8, 4) is 11.5 Å². The van der Waals surface area contributed by atoms with E-state index >= 15 is 0 Å². The number of benzene rings is 1. The molecule has 1 aromatic carbocycles. The van der Waals surface area contributed by atoms with Crippen LogP contribution < -0.4 is 14.8 Å². The van der Waals surface area contributed by atoms with Gasteiger partial charge in [-0.3, -0.25) is 19.2 Å². The summed E-state index contributed by atoms with van der Waals surface area (Å²) in [6.45, 7) is -0.733. The molecule has 4 rings (SSSR count). The van der Waals surface area contributed by atoms with Gasteiger partial charge in [0, 0.05) is 23.7 Å². The summed E-state index contributed by atoms with van der Waals surface area (Å²) in [7, 11) is 2.97. The van der Waals surface area contributed by atoms with E-state index in [9.17, 15) is 24.3 Å². The lowest BCUT2D eigenvalue weighted by atomic mass is 9.82. The first-order valence-corrected chi connectivity index (χ1v) is 13.4. The monoisotopic (exact) mass is 527 g/mol. The summed E-state index contributed by atoms with van der Waals surface area (Å²) in [6, 6.07) is 2.23. The second kappa shape index (κ2) is 12.3. The highest BCUT2D eigenvalue weighted by atomic mass is 16.5. The smallest absolute Gasteiger partial charge is 0.323 e. The number of nitrogens with one attached hydrogen (secondary N) is 2. The number of nitrogens with zero attached hydrogens (tertiary/aromatic N) is 1. The molecule has 0 spiro atoms. The maximum absolute atomic E-state index is 13.7.